The van der Waals surface area contributed by atoms with E-state index in [-0.39, 0.29) is 18.0 Å². The molecule has 0 saturated heterocycles. The highest BCUT2D eigenvalue weighted by atomic mass is 32.1. The number of fused-ring (bicyclic) bond motifs is 1. The van der Waals surface area contributed by atoms with E-state index in [0.29, 0.717) is 30.0 Å². The van der Waals surface area contributed by atoms with Crippen molar-refractivity contribution in [2.24, 2.45) is 0 Å². The summed E-state index contributed by atoms with van der Waals surface area (Å²) in [6, 6.07) is 9.95. The second-order valence-electron chi connectivity index (χ2n) is 6.18. The van der Waals surface area contributed by atoms with Crippen molar-refractivity contribution in [3.8, 4) is 10.4 Å². The van der Waals surface area contributed by atoms with E-state index in [0.717, 1.165) is 22.4 Å². The molecule has 0 atom stereocenters. The third-order valence-corrected chi connectivity index (χ3v) is 5.51. The van der Waals surface area contributed by atoms with Crippen molar-refractivity contribution in [1.29, 1.82) is 0 Å². The molecular weight excluding hydrogens is 362 g/mol. The molecule has 1 amide bonds. The van der Waals surface area contributed by atoms with Gasteiger partial charge in [0.05, 0.1) is 11.7 Å². The van der Waals surface area contributed by atoms with Crippen LogP contribution in [-0.2, 0) is 16.1 Å². The molecule has 1 N–H and O–H groups in total. The molecule has 1 aromatic carbocycles. The molecule has 0 fully saturated rings. The van der Waals surface area contributed by atoms with E-state index in [1.165, 1.54) is 22.2 Å². The number of benzene rings is 1. The normalized spacial score (nSPS) is 11.0. The Morgan fingerprint density at radius 1 is 1.30 bits per heavy atom. The van der Waals surface area contributed by atoms with Crippen LogP contribution in [0, 0.1) is 6.92 Å². The van der Waals surface area contributed by atoms with Crippen molar-refractivity contribution in [1.82, 2.24) is 14.9 Å². The van der Waals surface area contributed by atoms with Gasteiger partial charge in [-0.2, -0.15) is 0 Å². The van der Waals surface area contributed by atoms with Crippen LogP contribution in [0.1, 0.15) is 18.9 Å². The molecule has 0 bridgehead atoms. The number of aromatic nitrogens is 2. The van der Waals surface area contributed by atoms with Gasteiger partial charge in [-0.25, -0.2) is 4.98 Å². The number of nitrogens with zero attached hydrogens (tertiary/aromatic N) is 2. The summed E-state index contributed by atoms with van der Waals surface area (Å²) in [5, 5.41) is 3.40. The zero-order valence-electron chi connectivity index (χ0n) is 15.5. The van der Waals surface area contributed by atoms with Crippen LogP contribution in [0.4, 0.5) is 0 Å². The van der Waals surface area contributed by atoms with Crippen molar-refractivity contribution < 1.29 is 9.53 Å². The fourth-order valence-electron chi connectivity index (χ4n) is 2.89. The maximum Gasteiger partial charge on any atom is 0.262 e. The minimum atomic E-state index is -0.203. The van der Waals surface area contributed by atoms with Crippen LogP contribution in [0.25, 0.3) is 20.7 Å². The maximum absolute atomic E-state index is 12.9. The van der Waals surface area contributed by atoms with Gasteiger partial charge in [-0.1, -0.05) is 30.3 Å². The van der Waals surface area contributed by atoms with E-state index in [9.17, 15) is 9.59 Å². The van der Waals surface area contributed by atoms with Gasteiger partial charge in [0.1, 0.15) is 11.4 Å². The lowest BCUT2D eigenvalue weighted by Crippen LogP contribution is -2.33. The molecular formula is C20H23N3O3S. The fraction of sp³-hybridized carbons (Fsp3) is 0.350. The summed E-state index contributed by atoms with van der Waals surface area (Å²) in [6.45, 7) is 5.64. The Morgan fingerprint density at radius 3 is 2.81 bits per heavy atom. The number of aryl methyl sites for hydroxylation is 1. The molecule has 3 aromatic rings. The number of rotatable bonds is 8. The number of amides is 1. The number of carbonyl (C=O) groups is 1. The molecule has 0 aliphatic heterocycles. The van der Waals surface area contributed by atoms with Gasteiger partial charge in [0.15, 0.2) is 0 Å². The van der Waals surface area contributed by atoms with Crippen LogP contribution in [0.5, 0.6) is 0 Å². The van der Waals surface area contributed by atoms with Gasteiger partial charge in [-0.15, -0.1) is 11.3 Å². The Bertz CT molecular complexity index is 979. The zero-order valence-corrected chi connectivity index (χ0v) is 16.3. The maximum atomic E-state index is 12.9. The predicted octanol–water partition coefficient (Wildman–Crippen LogP) is 2.98. The molecule has 0 aliphatic carbocycles. The van der Waals surface area contributed by atoms with E-state index in [4.69, 9.17) is 4.74 Å². The van der Waals surface area contributed by atoms with Gasteiger partial charge in [0, 0.05) is 24.6 Å². The van der Waals surface area contributed by atoms with Gasteiger partial charge in [0.2, 0.25) is 5.91 Å². The predicted molar refractivity (Wildman–Crippen MR) is 108 cm³/mol. The highest BCUT2D eigenvalue weighted by Gasteiger charge is 2.16. The third-order valence-electron chi connectivity index (χ3n) is 4.26. The Balaban J connectivity index is 1.78. The van der Waals surface area contributed by atoms with Gasteiger partial charge in [-0.05, 0) is 31.4 Å². The van der Waals surface area contributed by atoms with Crippen molar-refractivity contribution in [3.63, 3.8) is 0 Å². The van der Waals surface area contributed by atoms with E-state index < -0.39 is 0 Å². The van der Waals surface area contributed by atoms with Crippen molar-refractivity contribution in [2.45, 2.75) is 26.8 Å². The van der Waals surface area contributed by atoms with Crippen LogP contribution in [0.15, 0.2) is 41.5 Å². The second kappa shape index (κ2) is 8.92. The Kier molecular flexibility index (Phi) is 6.36. The van der Waals surface area contributed by atoms with Gasteiger partial charge >= 0.3 is 0 Å². The average molecular weight is 385 g/mol. The highest BCUT2D eigenvalue weighted by molar-refractivity contribution is 7.22. The lowest BCUT2D eigenvalue weighted by atomic mass is 10.1. The number of ether oxygens (including phenoxy) is 1. The molecule has 0 spiro atoms. The quantitative estimate of drug-likeness (QED) is 0.605. The van der Waals surface area contributed by atoms with Crippen LogP contribution in [0.2, 0.25) is 0 Å². The van der Waals surface area contributed by atoms with Crippen LogP contribution >= 0.6 is 11.3 Å². The summed E-state index contributed by atoms with van der Waals surface area (Å²) in [4.78, 5) is 31.1. The number of carbonyl (C=O) groups excluding carboxylic acids is 1. The lowest BCUT2D eigenvalue weighted by molar-refractivity contribution is -0.121. The molecule has 0 unspecified atom stereocenters. The molecule has 6 nitrogen and oxygen atoms in total. The number of hydrogen-bond donors (Lipinski definition) is 1. The lowest BCUT2D eigenvalue weighted by Gasteiger charge is -2.07. The first-order valence-corrected chi connectivity index (χ1v) is 9.82. The molecule has 0 aliphatic rings. The molecule has 2 heterocycles. The monoisotopic (exact) mass is 385 g/mol. The first-order chi connectivity index (χ1) is 13.1. The van der Waals surface area contributed by atoms with E-state index >= 15 is 0 Å². The van der Waals surface area contributed by atoms with E-state index in [2.05, 4.69) is 10.3 Å². The Hall–Kier alpha value is -2.51. The standard InChI is InChI=1S/C20H23N3O3S/c1-3-26-11-7-10-21-16(24)12-23-13-22-19-17(20(23)25)14(2)18(27-19)15-8-5-4-6-9-15/h4-6,8-9,13H,3,7,10-12H2,1-2H3,(H,21,24). The van der Waals surface area contributed by atoms with Crippen molar-refractivity contribution in [3.05, 3.63) is 52.6 Å². The SMILES string of the molecule is CCOCCCNC(=O)Cn1cnc2sc(-c3ccccc3)c(C)c2c1=O. The second-order valence-corrected chi connectivity index (χ2v) is 7.18. The van der Waals surface area contributed by atoms with Crippen molar-refractivity contribution >= 4 is 27.5 Å². The van der Waals surface area contributed by atoms with Crippen molar-refractivity contribution in [2.75, 3.05) is 19.8 Å². The molecule has 3 rings (SSSR count). The van der Waals surface area contributed by atoms with E-state index in [1.807, 2.05) is 44.2 Å². The number of thiophene rings is 1. The smallest absolute Gasteiger partial charge is 0.262 e. The summed E-state index contributed by atoms with van der Waals surface area (Å²) in [6.07, 6.45) is 2.20. The molecule has 0 radical (unpaired) electrons. The average Bonchev–Trinajstić information content (AvgIpc) is 3.02. The zero-order chi connectivity index (χ0) is 19.2. The Labute approximate surface area is 161 Å². The molecule has 2 aromatic heterocycles. The number of hydrogen-bond acceptors (Lipinski definition) is 5. The molecule has 0 saturated carbocycles. The first-order valence-electron chi connectivity index (χ1n) is 9.00. The highest BCUT2D eigenvalue weighted by Crippen LogP contribution is 2.35. The van der Waals surface area contributed by atoms with Gasteiger partial charge in [-0.3, -0.25) is 14.2 Å². The summed E-state index contributed by atoms with van der Waals surface area (Å²) in [5.74, 6) is -0.203. The Morgan fingerprint density at radius 2 is 2.07 bits per heavy atom. The minimum Gasteiger partial charge on any atom is -0.382 e. The first kappa shape index (κ1) is 19.3. The van der Waals surface area contributed by atoms with Gasteiger partial charge in [0.25, 0.3) is 5.56 Å². The summed E-state index contributed by atoms with van der Waals surface area (Å²) in [5.41, 5.74) is 1.79. The fourth-order valence-corrected chi connectivity index (χ4v) is 4.04. The van der Waals surface area contributed by atoms with Gasteiger partial charge < -0.3 is 10.1 Å². The summed E-state index contributed by atoms with van der Waals surface area (Å²) < 4.78 is 6.61. The largest absolute Gasteiger partial charge is 0.382 e. The molecule has 142 valence electrons. The summed E-state index contributed by atoms with van der Waals surface area (Å²) >= 11 is 1.50. The third kappa shape index (κ3) is 4.43. The molecule has 27 heavy (non-hydrogen) atoms. The minimum absolute atomic E-state index is 0.0354. The summed E-state index contributed by atoms with van der Waals surface area (Å²) in [7, 11) is 0. The topological polar surface area (TPSA) is 73.2 Å². The molecule has 7 heteroatoms. The van der Waals surface area contributed by atoms with Crippen LogP contribution < -0.4 is 10.9 Å². The van der Waals surface area contributed by atoms with Crippen LogP contribution in [-0.4, -0.2) is 35.2 Å². The van der Waals surface area contributed by atoms with Crippen LogP contribution in [0.3, 0.4) is 0 Å². The number of nitrogens with one attached hydrogen (secondary N) is 1. The van der Waals surface area contributed by atoms with E-state index in [1.54, 1.807) is 0 Å².